The van der Waals surface area contributed by atoms with Crippen LogP contribution in [0.5, 0.6) is 0 Å². The number of rotatable bonds is 12. The minimum atomic E-state index is -1.12. The van der Waals surface area contributed by atoms with E-state index in [0.717, 1.165) is 38.4 Å². The molecule has 0 fully saturated rings. The summed E-state index contributed by atoms with van der Waals surface area (Å²) in [4.78, 5) is 55.8. The second-order valence-electron chi connectivity index (χ2n) is 11.6. The van der Waals surface area contributed by atoms with Gasteiger partial charge in [0.1, 0.15) is 18.1 Å². The molecule has 236 valence electrons. The Hall–Kier alpha value is -5.64. The molecule has 0 saturated heterocycles. The van der Waals surface area contributed by atoms with Crippen LogP contribution in [0.1, 0.15) is 36.5 Å². The maximum absolute atomic E-state index is 14.0. The van der Waals surface area contributed by atoms with Crippen molar-refractivity contribution in [2.75, 3.05) is 5.73 Å². The van der Waals surface area contributed by atoms with Crippen molar-refractivity contribution in [1.29, 1.82) is 0 Å². The van der Waals surface area contributed by atoms with Crippen LogP contribution >= 0.6 is 0 Å². The molecular formula is C36H38N6O4. The first-order valence-corrected chi connectivity index (χ1v) is 15.1. The summed E-state index contributed by atoms with van der Waals surface area (Å²) < 4.78 is 0. The van der Waals surface area contributed by atoms with Gasteiger partial charge in [0.2, 0.25) is 23.6 Å². The van der Waals surface area contributed by atoms with Crippen LogP contribution in [0.4, 0.5) is 5.69 Å². The zero-order chi connectivity index (χ0) is 32.8. The van der Waals surface area contributed by atoms with Crippen molar-refractivity contribution in [3.63, 3.8) is 0 Å². The van der Waals surface area contributed by atoms with Gasteiger partial charge in [0.15, 0.2) is 0 Å². The first-order valence-electron chi connectivity index (χ1n) is 15.1. The molecular weight excluding hydrogens is 580 g/mol. The minimum absolute atomic E-state index is 0.151. The lowest BCUT2D eigenvalue weighted by molar-refractivity contribution is -0.133. The van der Waals surface area contributed by atoms with E-state index in [4.69, 9.17) is 11.5 Å². The van der Waals surface area contributed by atoms with Gasteiger partial charge in [-0.05, 0) is 45.7 Å². The topological polar surface area (TPSA) is 172 Å². The largest absolute Gasteiger partial charge is 0.399 e. The third-order valence-corrected chi connectivity index (χ3v) is 8.25. The monoisotopic (exact) mass is 618 g/mol. The average Bonchev–Trinajstić information content (AvgIpc) is 3.45. The molecule has 0 aliphatic rings. The molecule has 1 heterocycles. The van der Waals surface area contributed by atoms with Gasteiger partial charge < -0.3 is 32.4 Å². The molecule has 10 heteroatoms. The Labute approximate surface area is 266 Å². The van der Waals surface area contributed by atoms with E-state index in [1.807, 2.05) is 66.7 Å². The van der Waals surface area contributed by atoms with E-state index >= 15 is 0 Å². The third kappa shape index (κ3) is 7.52. The number of benzene rings is 4. The minimum Gasteiger partial charge on any atom is -0.399 e. The molecule has 0 saturated carbocycles. The van der Waals surface area contributed by atoms with Crippen LogP contribution in [0.25, 0.3) is 21.7 Å². The van der Waals surface area contributed by atoms with Crippen LogP contribution < -0.4 is 27.4 Å². The molecule has 46 heavy (non-hydrogen) atoms. The molecule has 0 unspecified atom stereocenters. The summed E-state index contributed by atoms with van der Waals surface area (Å²) in [6.45, 7) is 3.13. The molecule has 8 N–H and O–H groups in total. The fraction of sp³-hybridized carbons (Fsp3) is 0.222. The van der Waals surface area contributed by atoms with E-state index < -0.39 is 41.8 Å². The fourth-order valence-corrected chi connectivity index (χ4v) is 5.72. The maximum Gasteiger partial charge on any atom is 0.243 e. The number of nitrogens with two attached hydrogens (primary N) is 2. The van der Waals surface area contributed by atoms with Gasteiger partial charge in [0.25, 0.3) is 0 Å². The first kappa shape index (κ1) is 31.8. The summed E-state index contributed by atoms with van der Waals surface area (Å²) in [5.74, 6) is -2.77. The molecule has 1 aromatic heterocycles. The van der Waals surface area contributed by atoms with Crippen molar-refractivity contribution in [3.05, 3.63) is 114 Å². The van der Waals surface area contributed by atoms with Crippen molar-refractivity contribution in [2.24, 2.45) is 5.73 Å². The van der Waals surface area contributed by atoms with Gasteiger partial charge >= 0.3 is 0 Å². The van der Waals surface area contributed by atoms with E-state index in [1.54, 1.807) is 37.4 Å². The highest BCUT2D eigenvalue weighted by atomic mass is 16.2. The number of hydrogen-bond acceptors (Lipinski definition) is 5. The predicted molar refractivity (Wildman–Crippen MR) is 180 cm³/mol. The molecule has 5 rings (SSSR count). The molecule has 4 amide bonds. The van der Waals surface area contributed by atoms with Gasteiger partial charge in [-0.15, -0.1) is 0 Å². The lowest BCUT2D eigenvalue weighted by atomic mass is 9.91. The number of para-hydroxylation sites is 1. The van der Waals surface area contributed by atoms with Crippen molar-refractivity contribution in [3.8, 4) is 0 Å². The van der Waals surface area contributed by atoms with E-state index in [-0.39, 0.29) is 18.7 Å². The van der Waals surface area contributed by atoms with E-state index in [9.17, 15) is 19.2 Å². The number of hydrogen-bond donors (Lipinski definition) is 6. The Balaban J connectivity index is 1.40. The van der Waals surface area contributed by atoms with Gasteiger partial charge in [-0.25, -0.2) is 0 Å². The van der Waals surface area contributed by atoms with Crippen LogP contribution in [-0.2, 0) is 32.0 Å². The number of nitrogens with one attached hydrogen (secondary N) is 4. The zero-order valence-electron chi connectivity index (χ0n) is 25.7. The van der Waals surface area contributed by atoms with Crippen molar-refractivity contribution >= 4 is 51.0 Å². The Morgan fingerprint density at radius 1 is 0.761 bits per heavy atom. The van der Waals surface area contributed by atoms with Gasteiger partial charge in [-0.1, -0.05) is 79.7 Å². The Morgan fingerprint density at radius 3 is 2.17 bits per heavy atom. The number of nitrogen functional groups attached to an aromatic ring is 1. The predicted octanol–water partition coefficient (Wildman–Crippen LogP) is 3.45. The third-order valence-electron chi connectivity index (χ3n) is 8.25. The van der Waals surface area contributed by atoms with Gasteiger partial charge in [-0.2, -0.15) is 0 Å². The SMILES string of the molecule is CC(=O)N[C@@H](Cc1ccc2ccccc2c1)C(=O)N[C@H](C(=O)N[C@@H](Cc1c[nH]c2ccccc12)C(N)=O)[C@H](C)c1ccc(N)cc1. The summed E-state index contributed by atoms with van der Waals surface area (Å²) in [6.07, 6.45) is 2.14. The number of amides is 4. The second kappa shape index (κ2) is 14.0. The first-order chi connectivity index (χ1) is 22.1. The van der Waals surface area contributed by atoms with Crippen LogP contribution in [0, 0.1) is 0 Å². The van der Waals surface area contributed by atoms with Gasteiger partial charge in [0.05, 0.1) is 0 Å². The van der Waals surface area contributed by atoms with Gasteiger partial charge in [-0.3, -0.25) is 19.2 Å². The Bertz CT molecular complexity index is 1880. The van der Waals surface area contributed by atoms with Crippen LogP contribution in [0.2, 0.25) is 0 Å². The smallest absolute Gasteiger partial charge is 0.243 e. The maximum atomic E-state index is 14.0. The number of carbonyl (C=O) groups is 4. The van der Waals surface area contributed by atoms with E-state index in [0.29, 0.717) is 5.69 Å². The molecule has 4 aromatic carbocycles. The summed E-state index contributed by atoms with van der Waals surface area (Å²) >= 11 is 0. The summed E-state index contributed by atoms with van der Waals surface area (Å²) in [6, 6.07) is 25.2. The van der Waals surface area contributed by atoms with E-state index in [1.165, 1.54) is 6.92 Å². The quantitative estimate of drug-likeness (QED) is 0.117. The molecule has 10 nitrogen and oxygen atoms in total. The highest BCUT2D eigenvalue weighted by molar-refractivity contribution is 5.95. The fourth-order valence-electron chi connectivity index (χ4n) is 5.72. The lowest BCUT2D eigenvalue weighted by Gasteiger charge is -2.29. The Kier molecular flexibility index (Phi) is 9.66. The molecule has 0 aliphatic heterocycles. The number of fused-ring (bicyclic) bond motifs is 2. The highest BCUT2D eigenvalue weighted by Gasteiger charge is 2.33. The molecule has 0 bridgehead atoms. The summed E-state index contributed by atoms with van der Waals surface area (Å²) in [5, 5.41) is 11.4. The number of H-pyrrole nitrogens is 1. The highest BCUT2D eigenvalue weighted by Crippen LogP contribution is 2.23. The number of aromatic amines is 1. The van der Waals surface area contributed by atoms with Crippen LogP contribution in [0.3, 0.4) is 0 Å². The Morgan fingerprint density at radius 2 is 1.46 bits per heavy atom. The summed E-state index contributed by atoms with van der Waals surface area (Å²) in [7, 11) is 0. The standard InChI is InChI=1S/C36H38N6O4/c1-21(24-13-15-28(37)16-14-24)33(36(46)41-31(34(38)44)19-27-20-39-30-10-6-5-9-29(27)30)42-35(45)32(40-22(2)43)18-23-11-12-25-7-3-4-8-26(25)17-23/h3-17,20-21,31-33,39H,18-19,37H2,1-2H3,(H2,38,44)(H,40,43)(H,41,46)(H,42,45)/t21-,31+,32+,33+/m1/s1. The molecule has 4 atom stereocenters. The number of aromatic nitrogens is 1. The average molecular weight is 619 g/mol. The number of anilines is 1. The second-order valence-corrected chi connectivity index (χ2v) is 11.6. The normalized spacial score (nSPS) is 13.8. The van der Waals surface area contributed by atoms with Crippen LogP contribution in [0.15, 0.2) is 97.2 Å². The van der Waals surface area contributed by atoms with E-state index in [2.05, 4.69) is 20.9 Å². The molecule has 5 aromatic rings. The number of carbonyl (C=O) groups excluding carboxylic acids is 4. The van der Waals surface area contributed by atoms with Gasteiger partial charge in [0, 0.05) is 48.5 Å². The lowest BCUT2D eigenvalue weighted by Crippen LogP contribution is -2.58. The van der Waals surface area contributed by atoms with Crippen LogP contribution in [-0.4, -0.2) is 46.7 Å². The van der Waals surface area contributed by atoms with Crippen molar-refractivity contribution in [2.45, 2.75) is 50.7 Å². The molecule has 0 radical (unpaired) electrons. The zero-order valence-corrected chi connectivity index (χ0v) is 25.7. The summed E-state index contributed by atoms with van der Waals surface area (Å²) in [5.41, 5.74) is 15.5. The van der Waals surface area contributed by atoms with Crippen molar-refractivity contribution < 1.29 is 19.2 Å². The molecule has 0 spiro atoms. The molecule has 0 aliphatic carbocycles. The van der Waals surface area contributed by atoms with Crippen molar-refractivity contribution in [1.82, 2.24) is 20.9 Å². The number of primary amides is 1.